The van der Waals surface area contributed by atoms with Crippen LogP contribution in [0.4, 0.5) is 18.9 Å². The number of Topliss-reactive ketones (excluding diaryl/α,β-unsaturated/α-hetero) is 1. The van der Waals surface area contributed by atoms with Gasteiger partial charge in [0.1, 0.15) is 11.5 Å². The Morgan fingerprint density at radius 1 is 1.32 bits per heavy atom. The van der Waals surface area contributed by atoms with Crippen LogP contribution in [-0.2, 0) is 25.3 Å². The van der Waals surface area contributed by atoms with Crippen molar-refractivity contribution in [2.75, 3.05) is 5.32 Å². The number of alkyl halides is 3. The second-order valence-electron chi connectivity index (χ2n) is 7.27. The number of hydrogen-bond acceptors (Lipinski definition) is 5. The van der Waals surface area contributed by atoms with Crippen LogP contribution < -0.4 is 5.32 Å². The summed E-state index contributed by atoms with van der Waals surface area (Å²) in [6, 6.07) is 4.01. The number of anilines is 1. The number of benzene rings is 1. The van der Waals surface area contributed by atoms with Crippen LogP contribution in [0.1, 0.15) is 31.4 Å². The molecule has 2 fully saturated rings. The summed E-state index contributed by atoms with van der Waals surface area (Å²) in [5.74, 6) is -5.47. The zero-order valence-corrected chi connectivity index (χ0v) is 14.8. The number of hydrogen-bond donors (Lipinski definition) is 2. The topological polar surface area (TPSA) is 116 Å². The van der Waals surface area contributed by atoms with Crippen LogP contribution in [-0.4, -0.2) is 34.0 Å². The van der Waals surface area contributed by atoms with Gasteiger partial charge in [0.05, 0.1) is 28.7 Å². The molecule has 4 atom stereocenters. The van der Waals surface area contributed by atoms with E-state index < -0.39 is 58.0 Å². The maximum absolute atomic E-state index is 13.1. The van der Waals surface area contributed by atoms with E-state index in [0.717, 1.165) is 12.1 Å². The Bertz CT molecular complexity index is 938. The van der Waals surface area contributed by atoms with Gasteiger partial charge in [-0.15, -0.1) is 0 Å². The first kappa shape index (κ1) is 19.8. The molecule has 1 amide bonds. The Balaban J connectivity index is 1.96. The lowest BCUT2D eigenvalue weighted by Crippen LogP contribution is -2.52. The fourth-order valence-corrected chi connectivity index (χ4v) is 4.13. The van der Waals surface area contributed by atoms with Gasteiger partial charge in [-0.25, -0.2) is 0 Å². The molecule has 7 nitrogen and oxygen atoms in total. The van der Waals surface area contributed by atoms with Crippen LogP contribution in [0.15, 0.2) is 18.2 Å². The number of carboxylic acids is 1. The number of ether oxygens (including phenoxy) is 1. The molecular formula is C18H15F3N2O5. The largest absolute Gasteiger partial charge is 0.481 e. The fraction of sp³-hybridized carbons (Fsp3) is 0.444. The number of aliphatic carboxylic acids is 1. The van der Waals surface area contributed by atoms with E-state index in [-0.39, 0.29) is 12.1 Å². The lowest BCUT2D eigenvalue weighted by atomic mass is 9.66. The van der Waals surface area contributed by atoms with Crippen molar-refractivity contribution in [3.05, 3.63) is 29.3 Å². The quantitative estimate of drug-likeness (QED) is 0.810. The minimum Gasteiger partial charge on any atom is -0.481 e. The molecule has 2 heterocycles. The van der Waals surface area contributed by atoms with Crippen molar-refractivity contribution in [3.63, 3.8) is 0 Å². The van der Waals surface area contributed by atoms with E-state index in [4.69, 9.17) is 10.00 Å². The van der Waals surface area contributed by atoms with E-state index in [0.29, 0.717) is 6.07 Å². The normalized spacial score (nSPS) is 31.5. The van der Waals surface area contributed by atoms with Crippen molar-refractivity contribution in [2.45, 2.75) is 37.6 Å². The summed E-state index contributed by atoms with van der Waals surface area (Å²) < 4.78 is 44.9. The Hall–Kier alpha value is -2.93. The predicted octanol–water partition coefficient (Wildman–Crippen LogP) is 2.35. The van der Waals surface area contributed by atoms with Crippen LogP contribution in [0.5, 0.6) is 0 Å². The monoisotopic (exact) mass is 396 g/mol. The molecule has 0 aromatic heterocycles. The molecule has 0 aliphatic carbocycles. The summed E-state index contributed by atoms with van der Waals surface area (Å²) in [5.41, 5.74) is -5.18. The molecule has 3 rings (SSSR count). The number of nitrogens with one attached hydrogen (secondary N) is 1. The van der Waals surface area contributed by atoms with Gasteiger partial charge in [0, 0.05) is 12.1 Å². The molecule has 1 aromatic carbocycles. The highest BCUT2D eigenvalue weighted by atomic mass is 19.4. The second kappa shape index (κ2) is 6.04. The molecule has 148 valence electrons. The summed E-state index contributed by atoms with van der Waals surface area (Å²) in [6.07, 6.45) is -4.99. The zero-order chi connectivity index (χ0) is 21.1. The van der Waals surface area contributed by atoms with E-state index >= 15 is 0 Å². The Morgan fingerprint density at radius 2 is 1.96 bits per heavy atom. The molecular weight excluding hydrogens is 381 g/mol. The van der Waals surface area contributed by atoms with Gasteiger partial charge in [-0.3, -0.25) is 14.4 Å². The second-order valence-corrected chi connectivity index (χ2v) is 7.27. The zero-order valence-electron chi connectivity index (χ0n) is 14.8. The van der Waals surface area contributed by atoms with Gasteiger partial charge >= 0.3 is 12.1 Å². The van der Waals surface area contributed by atoms with Crippen molar-refractivity contribution in [1.29, 1.82) is 5.26 Å². The predicted molar refractivity (Wildman–Crippen MR) is 86.9 cm³/mol. The third-order valence-electron chi connectivity index (χ3n) is 5.36. The van der Waals surface area contributed by atoms with Crippen LogP contribution >= 0.6 is 0 Å². The molecule has 0 spiro atoms. The SMILES string of the molecule is CC12CC(=O)C(C)(O1)[C@H](C(=O)Nc1ccc(C#N)c(C(F)(F)F)c1)[C@@H]2C(=O)O. The van der Waals surface area contributed by atoms with Crippen molar-refractivity contribution in [1.82, 2.24) is 0 Å². The summed E-state index contributed by atoms with van der Waals surface area (Å²) in [6.45, 7) is 2.74. The molecule has 1 aromatic rings. The number of halogens is 3. The summed E-state index contributed by atoms with van der Waals surface area (Å²) >= 11 is 0. The average molecular weight is 396 g/mol. The molecule has 0 saturated carbocycles. The minimum absolute atomic E-state index is 0.167. The molecule has 2 saturated heterocycles. The number of ketones is 1. The third-order valence-corrected chi connectivity index (χ3v) is 5.36. The number of carboxylic acid groups (broad SMARTS) is 1. The first-order chi connectivity index (χ1) is 12.8. The van der Waals surface area contributed by atoms with E-state index in [1.54, 1.807) is 0 Å². The lowest BCUT2D eigenvalue weighted by molar-refractivity contribution is -0.150. The van der Waals surface area contributed by atoms with E-state index in [9.17, 15) is 32.7 Å². The highest BCUT2D eigenvalue weighted by molar-refractivity contribution is 6.05. The van der Waals surface area contributed by atoms with Gasteiger partial charge in [-0.05, 0) is 32.0 Å². The maximum Gasteiger partial charge on any atom is 0.417 e. The van der Waals surface area contributed by atoms with Gasteiger partial charge in [-0.1, -0.05) is 0 Å². The highest BCUT2D eigenvalue weighted by Gasteiger charge is 2.72. The average Bonchev–Trinajstić information content (AvgIpc) is 2.95. The first-order valence-corrected chi connectivity index (χ1v) is 8.22. The van der Waals surface area contributed by atoms with Crippen molar-refractivity contribution in [3.8, 4) is 6.07 Å². The van der Waals surface area contributed by atoms with Crippen molar-refractivity contribution < 1.29 is 37.4 Å². The van der Waals surface area contributed by atoms with E-state index in [1.165, 1.54) is 19.9 Å². The Kier molecular flexibility index (Phi) is 4.27. The first-order valence-electron chi connectivity index (χ1n) is 8.22. The third kappa shape index (κ3) is 2.82. The number of nitrogens with zero attached hydrogens (tertiary/aromatic N) is 1. The van der Waals surface area contributed by atoms with Crippen LogP contribution in [0.3, 0.4) is 0 Å². The van der Waals surface area contributed by atoms with Gasteiger partial charge in [0.25, 0.3) is 0 Å². The van der Waals surface area contributed by atoms with Crippen molar-refractivity contribution >= 4 is 23.3 Å². The Labute approximate surface area is 157 Å². The molecule has 2 unspecified atom stereocenters. The number of rotatable bonds is 3. The number of carbonyl (C=O) groups excluding carboxylic acids is 2. The number of fused-ring (bicyclic) bond motifs is 2. The number of carbonyl (C=O) groups is 3. The lowest BCUT2D eigenvalue weighted by Gasteiger charge is -2.32. The minimum atomic E-state index is -4.82. The van der Waals surface area contributed by atoms with E-state index in [2.05, 4.69) is 5.32 Å². The van der Waals surface area contributed by atoms with Gasteiger partial charge < -0.3 is 15.2 Å². The molecule has 2 aliphatic heterocycles. The van der Waals surface area contributed by atoms with Crippen molar-refractivity contribution in [2.24, 2.45) is 11.8 Å². The molecule has 28 heavy (non-hydrogen) atoms. The fourth-order valence-electron chi connectivity index (χ4n) is 4.13. The number of amides is 1. The van der Waals surface area contributed by atoms with Gasteiger partial charge in [0.2, 0.25) is 5.91 Å². The van der Waals surface area contributed by atoms with Crippen LogP contribution in [0.25, 0.3) is 0 Å². The molecule has 2 bridgehead atoms. The molecule has 10 heteroatoms. The molecule has 2 aliphatic rings. The standard InChI is InChI=1S/C18H15F3N2O5/c1-16-6-11(24)17(2,28-16)12(13(16)15(26)27)14(25)23-9-4-3-8(7-22)10(5-9)18(19,20)21/h3-5,12-13H,6H2,1-2H3,(H,23,25)(H,26,27)/t12-,13+,16?,17?/m0/s1. The molecule has 0 radical (unpaired) electrons. The smallest absolute Gasteiger partial charge is 0.417 e. The maximum atomic E-state index is 13.1. The number of nitriles is 1. The van der Waals surface area contributed by atoms with Gasteiger partial charge in [-0.2, -0.15) is 18.4 Å². The summed E-state index contributed by atoms with van der Waals surface area (Å²) in [5, 5.41) is 20.6. The van der Waals surface area contributed by atoms with Gasteiger partial charge in [0.15, 0.2) is 5.78 Å². The van der Waals surface area contributed by atoms with Crippen LogP contribution in [0.2, 0.25) is 0 Å². The van der Waals surface area contributed by atoms with Crippen LogP contribution in [0, 0.1) is 23.2 Å². The summed E-state index contributed by atoms with van der Waals surface area (Å²) in [7, 11) is 0. The Morgan fingerprint density at radius 3 is 2.50 bits per heavy atom. The van der Waals surface area contributed by atoms with E-state index in [1.807, 2.05) is 0 Å². The molecule has 2 N–H and O–H groups in total. The highest BCUT2D eigenvalue weighted by Crippen LogP contribution is 2.56. The summed E-state index contributed by atoms with van der Waals surface area (Å²) in [4.78, 5) is 36.8.